The fourth-order valence-corrected chi connectivity index (χ4v) is 1.74. The van der Waals surface area contributed by atoms with Crippen molar-refractivity contribution in [2.75, 3.05) is 11.4 Å². The highest BCUT2D eigenvalue weighted by atomic mass is 15.2. The number of hydrogen-bond acceptors (Lipinski definition) is 3. The van der Waals surface area contributed by atoms with E-state index in [1.807, 2.05) is 0 Å². The molecule has 0 amide bonds. The molecule has 0 saturated heterocycles. The molecule has 0 spiro atoms. The van der Waals surface area contributed by atoms with E-state index in [4.69, 9.17) is 11.1 Å². The summed E-state index contributed by atoms with van der Waals surface area (Å²) in [5.41, 5.74) is 7.29. The zero-order valence-corrected chi connectivity index (χ0v) is 10.2. The lowest BCUT2D eigenvalue weighted by Crippen LogP contribution is -2.33. The molecule has 0 aliphatic heterocycles. The smallest absolute Gasteiger partial charge is 0.125 e. The molecule has 88 valence electrons. The number of amidine groups is 1. The maximum absolute atomic E-state index is 7.57. The van der Waals surface area contributed by atoms with Crippen LogP contribution in [0.4, 0.5) is 5.69 Å². The van der Waals surface area contributed by atoms with E-state index in [0.29, 0.717) is 6.04 Å². The quantitative estimate of drug-likeness (QED) is 0.589. The van der Waals surface area contributed by atoms with Crippen molar-refractivity contribution < 1.29 is 0 Å². The van der Waals surface area contributed by atoms with Crippen molar-refractivity contribution in [3.8, 4) is 0 Å². The summed E-state index contributed by atoms with van der Waals surface area (Å²) in [6.07, 6.45) is 4.52. The minimum absolute atomic E-state index is 0.0964. The molecule has 4 nitrogen and oxygen atoms in total. The molecule has 0 saturated carbocycles. The van der Waals surface area contributed by atoms with Crippen LogP contribution in [0.5, 0.6) is 0 Å². The van der Waals surface area contributed by atoms with E-state index in [0.717, 1.165) is 24.2 Å². The Morgan fingerprint density at radius 1 is 1.56 bits per heavy atom. The van der Waals surface area contributed by atoms with Crippen LogP contribution < -0.4 is 10.6 Å². The SMILES string of the molecule is CCCN(c1cnccc1C(=N)N)C(C)C. The summed E-state index contributed by atoms with van der Waals surface area (Å²) in [4.78, 5) is 6.35. The minimum Gasteiger partial charge on any atom is -0.384 e. The Labute approximate surface area is 97.0 Å². The molecule has 1 heterocycles. The molecule has 16 heavy (non-hydrogen) atoms. The molecule has 3 N–H and O–H groups in total. The summed E-state index contributed by atoms with van der Waals surface area (Å²) in [6, 6.07) is 2.17. The summed E-state index contributed by atoms with van der Waals surface area (Å²) in [7, 11) is 0. The van der Waals surface area contributed by atoms with E-state index in [1.54, 1.807) is 18.5 Å². The third-order valence-corrected chi connectivity index (χ3v) is 2.49. The third-order valence-electron chi connectivity index (χ3n) is 2.49. The number of nitrogens with zero attached hydrogens (tertiary/aromatic N) is 2. The Balaban J connectivity index is 3.12. The van der Waals surface area contributed by atoms with E-state index < -0.39 is 0 Å². The van der Waals surface area contributed by atoms with Gasteiger partial charge in [-0.3, -0.25) is 10.4 Å². The molecule has 0 radical (unpaired) electrons. The van der Waals surface area contributed by atoms with Crippen LogP contribution >= 0.6 is 0 Å². The summed E-state index contributed by atoms with van der Waals surface area (Å²) >= 11 is 0. The number of nitrogens with two attached hydrogens (primary N) is 1. The van der Waals surface area contributed by atoms with Gasteiger partial charge in [-0.1, -0.05) is 6.92 Å². The molecule has 1 aromatic heterocycles. The molecule has 0 aliphatic carbocycles. The fraction of sp³-hybridized carbons (Fsp3) is 0.500. The predicted molar refractivity (Wildman–Crippen MR) is 68.0 cm³/mol. The highest BCUT2D eigenvalue weighted by Crippen LogP contribution is 2.21. The van der Waals surface area contributed by atoms with Crippen molar-refractivity contribution in [1.29, 1.82) is 5.41 Å². The van der Waals surface area contributed by atoms with Crippen LogP contribution in [0.2, 0.25) is 0 Å². The first-order chi connectivity index (χ1) is 7.57. The molecule has 0 unspecified atom stereocenters. The van der Waals surface area contributed by atoms with E-state index in [1.165, 1.54) is 0 Å². The van der Waals surface area contributed by atoms with Crippen molar-refractivity contribution in [3.63, 3.8) is 0 Å². The maximum atomic E-state index is 7.57. The number of pyridine rings is 1. The van der Waals surface area contributed by atoms with Crippen molar-refractivity contribution in [2.45, 2.75) is 33.2 Å². The Bertz CT molecular complexity index is 360. The van der Waals surface area contributed by atoms with Crippen LogP contribution in [0.15, 0.2) is 18.5 Å². The van der Waals surface area contributed by atoms with Gasteiger partial charge in [0.25, 0.3) is 0 Å². The molecular weight excluding hydrogens is 200 g/mol. The van der Waals surface area contributed by atoms with E-state index in [9.17, 15) is 0 Å². The zero-order valence-electron chi connectivity index (χ0n) is 10.2. The second kappa shape index (κ2) is 5.49. The Kier molecular flexibility index (Phi) is 4.28. The van der Waals surface area contributed by atoms with Crippen LogP contribution in [0.25, 0.3) is 0 Å². The van der Waals surface area contributed by atoms with Crippen molar-refractivity contribution in [2.24, 2.45) is 5.73 Å². The first-order valence-electron chi connectivity index (χ1n) is 5.63. The van der Waals surface area contributed by atoms with Gasteiger partial charge in [0.05, 0.1) is 11.9 Å². The number of hydrogen-bond donors (Lipinski definition) is 2. The van der Waals surface area contributed by atoms with Gasteiger partial charge in [-0.05, 0) is 26.3 Å². The van der Waals surface area contributed by atoms with E-state index in [2.05, 4.69) is 30.7 Å². The summed E-state index contributed by atoms with van der Waals surface area (Å²) < 4.78 is 0. The lowest BCUT2D eigenvalue weighted by atomic mass is 10.1. The second-order valence-electron chi connectivity index (χ2n) is 4.09. The van der Waals surface area contributed by atoms with Gasteiger partial charge in [0.2, 0.25) is 0 Å². The zero-order chi connectivity index (χ0) is 12.1. The molecule has 1 aromatic rings. The predicted octanol–water partition coefficient (Wildman–Crippen LogP) is 1.99. The van der Waals surface area contributed by atoms with Gasteiger partial charge in [-0.15, -0.1) is 0 Å². The van der Waals surface area contributed by atoms with E-state index in [-0.39, 0.29) is 5.84 Å². The van der Waals surface area contributed by atoms with Crippen LogP contribution in [0.3, 0.4) is 0 Å². The number of nitrogen functional groups attached to an aromatic ring is 1. The lowest BCUT2D eigenvalue weighted by Gasteiger charge is -2.29. The van der Waals surface area contributed by atoms with Crippen LogP contribution in [0, 0.1) is 5.41 Å². The third kappa shape index (κ3) is 2.72. The molecule has 0 aliphatic rings. The van der Waals surface area contributed by atoms with Crippen LogP contribution in [-0.2, 0) is 0 Å². The Hall–Kier alpha value is -1.58. The highest BCUT2D eigenvalue weighted by Gasteiger charge is 2.14. The number of aromatic nitrogens is 1. The molecule has 4 heteroatoms. The maximum Gasteiger partial charge on any atom is 0.125 e. The first-order valence-corrected chi connectivity index (χ1v) is 5.63. The molecule has 1 rings (SSSR count). The fourth-order valence-electron chi connectivity index (χ4n) is 1.74. The molecule has 0 bridgehead atoms. The topological polar surface area (TPSA) is 66.0 Å². The highest BCUT2D eigenvalue weighted by molar-refractivity contribution is 6.00. The second-order valence-corrected chi connectivity index (χ2v) is 4.09. The lowest BCUT2D eigenvalue weighted by molar-refractivity contribution is 0.669. The Morgan fingerprint density at radius 3 is 2.75 bits per heavy atom. The van der Waals surface area contributed by atoms with Crippen molar-refractivity contribution in [1.82, 2.24) is 4.98 Å². The van der Waals surface area contributed by atoms with Gasteiger partial charge in [0.15, 0.2) is 0 Å². The standard InChI is InChI=1S/C12H20N4/c1-4-7-16(9(2)3)11-8-15-6-5-10(11)12(13)14/h5-6,8-9H,4,7H2,1-3H3,(H3,13,14). The monoisotopic (exact) mass is 220 g/mol. The summed E-state index contributed by atoms with van der Waals surface area (Å²) in [5.74, 6) is 0.0964. The average molecular weight is 220 g/mol. The van der Waals surface area contributed by atoms with Gasteiger partial charge >= 0.3 is 0 Å². The number of rotatable bonds is 5. The van der Waals surface area contributed by atoms with Gasteiger partial charge < -0.3 is 10.6 Å². The van der Waals surface area contributed by atoms with Crippen molar-refractivity contribution >= 4 is 11.5 Å². The number of anilines is 1. The van der Waals surface area contributed by atoms with Gasteiger partial charge in [-0.2, -0.15) is 0 Å². The van der Waals surface area contributed by atoms with E-state index >= 15 is 0 Å². The Morgan fingerprint density at radius 2 is 2.25 bits per heavy atom. The minimum atomic E-state index is 0.0964. The molecule has 0 fully saturated rings. The van der Waals surface area contributed by atoms with Crippen molar-refractivity contribution in [3.05, 3.63) is 24.0 Å². The van der Waals surface area contributed by atoms with Gasteiger partial charge in [0.1, 0.15) is 5.84 Å². The number of nitrogens with one attached hydrogen (secondary N) is 1. The first kappa shape index (κ1) is 12.5. The summed E-state index contributed by atoms with van der Waals surface area (Å²) in [6.45, 7) is 7.35. The molecule has 0 aromatic carbocycles. The largest absolute Gasteiger partial charge is 0.384 e. The normalized spacial score (nSPS) is 10.5. The molecular formula is C12H20N4. The molecule has 0 atom stereocenters. The van der Waals surface area contributed by atoms with Crippen LogP contribution in [-0.4, -0.2) is 23.4 Å². The van der Waals surface area contributed by atoms with Crippen LogP contribution in [0.1, 0.15) is 32.8 Å². The van der Waals surface area contributed by atoms with Gasteiger partial charge in [-0.25, -0.2) is 0 Å². The van der Waals surface area contributed by atoms with Gasteiger partial charge in [0, 0.05) is 24.3 Å². The average Bonchev–Trinajstić information content (AvgIpc) is 2.25. The summed E-state index contributed by atoms with van der Waals surface area (Å²) in [5, 5.41) is 7.57.